The van der Waals surface area contributed by atoms with E-state index < -0.39 is 41.4 Å². The number of carbonyl (C=O) groups is 2. The van der Waals surface area contributed by atoms with Gasteiger partial charge in [-0.1, -0.05) is 26.0 Å². The summed E-state index contributed by atoms with van der Waals surface area (Å²) in [6.07, 6.45) is -3.79. The van der Waals surface area contributed by atoms with Crippen LogP contribution < -0.4 is 0 Å². The minimum absolute atomic E-state index is 0.0562. The second-order valence-corrected chi connectivity index (χ2v) is 5.54. The molecule has 0 radical (unpaired) electrons. The van der Waals surface area contributed by atoms with Crippen LogP contribution in [0.2, 0.25) is 0 Å². The summed E-state index contributed by atoms with van der Waals surface area (Å²) in [6.45, 7) is 3.42. The predicted molar refractivity (Wildman–Crippen MR) is 68.7 cm³/mol. The molecule has 1 aromatic carbocycles. The Labute approximate surface area is 120 Å². The molecule has 1 aliphatic rings. The highest BCUT2D eigenvalue weighted by Gasteiger charge is 2.60. The zero-order chi connectivity index (χ0) is 15.8. The molecule has 1 unspecified atom stereocenters. The van der Waals surface area contributed by atoms with Gasteiger partial charge in [-0.3, -0.25) is 9.59 Å². The summed E-state index contributed by atoms with van der Waals surface area (Å²) in [4.78, 5) is 24.3. The van der Waals surface area contributed by atoms with Gasteiger partial charge < -0.3 is 4.74 Å². The van der Waals surface area contributed by atoms with Crippen molar-refractivity contribution in [2.45, 2.75) is 26.7 Å². The second-order valence-electron chi connectivity index (χ2n) is 5.54. The van der Waals surface area contributed by atoms with E-state index in [4.69, 9.17) is 4.74 Å². The van der Waals surface area contributed by atoms with Crippen LogP contribution in [-0.2, 0) is 16.0 Å². The molecule has 0 spiro atoms. The van der Waals surface area contributed by atoms with Crippen molar-refractivity contribution in [3.05, 3.63) is 35.1 Å². The van der Waals surface area contributed by atoms with Gasteiger partial charge in [0.25, 0.3) is 6.43 Å². The van der Waals surface area contributed by atoms with Crippen molar-refractivity contribution < 1.29 is 27.5 Å². The van der Waals surface area contributed by atoms with E-state index in [2.05, 4.69) is 0 Å². The smallest absolute Gasteiger partial charge is 0.326 e. The molecular formula is C15H15F3O3. The monoisotopic (exact) mass is 300 g/mol. The van der Waals surface area contributed by atoms with Crippen molar-refractivity contribution in [1.29, 1.82) is 0 Å². The first-order valence-corrected chi connectivity index (χ1v) is 6.58. The Hall–Kier alpha value is -1.85. The van der Waals surface area contributed by atoms with Crippen molar-refractivity contribution >= 4 is 11.8 Å². The number of halogens is 3. The number of carbonyl (C=O) groups excluding carboxylic acids is 2. The number of ketones is 1. The van der Waals surface area contributed by atoms with Crippen LogP contribution in [0.15, 0.2) is 18.2 Å². The molecule has 0 saturated carbocycles. The van der Waals surface area contributed by atoms with Crippen LogP contribution in [0.3, 0.4) is 0 Å². The number of ether oxygens (including phenoxy) is 1. The molecule has 3 nitrogen and oxygen atoms in total. The highest BCUT2D eigenvalue weighted by molar-refractivity contribution is 6.16. The maximum absolute atomic E-state index is 13.7. The van der Waals surface area contributed by atoms with Crippen LogP contribution in [-0.4, -0.2) is 24.8 Å². The first-order chi connectivity index (χ1) is 9.80. The topological polar surface area (TPSA) is 43.4 Å². The molecule has 0 heterocycles. The third-order valence-electron chi connectivity index (χ3n) is 3.49. The van der Waals surface area contributed by atoms with Gasteiger partial charge in [0, 0.05) is 6.42 Å². The van der Waals surface area contributed by atoms with Crippen LogP contribution in [0, 0.1) is 17.2 Å². The lowest BCUT2D eigenvalue weighted by atomic mass is 9.84. The first kappa shape index (κ1) is 15.5. The van der Waals surface area contributed by atoms with Gasteiger partial charge in [0.15, 0.2) is 11.2 Å². The lowest BCUT2D eigenvalue weighted by Gasteiger charge is -2.24. The number of Topliss-reactive ketones (excluding diaryl/α,β-unsaturated/α-hetero) is 1. The van der Waals surface area contributed by atoms with Crippen molar-refractivity contribution in [2.75, 3.05) is 6.61 Å². The highest BCUT2D eigenvalue weighted by atomic mass is 19.3. The maximum atomic E-state index is 13.7. The normalized spacial score (nSPS) is 21.0. The van der Waals surface area contributed by atoms with Crippen LogP contribution in [0.25, 0.3) is 0 Å². The van der Waals surface area contributed by atoms with E-state index in [1.807, 2.05) is 0 Å². The molecule has 6 heteroatoms. The molecule has 0 aliphatic heterocycles. The van der Waals surface area contributed by atoms with E-state index in [1.165, 1.54) is 12.1 Å². The molecule has 1 atom stereocenters. The first-order valence-electron chi connectivity index (χ1n) is 6.58. The minimum Gasteiger partial charge on any atom is -0.464 e. The van der Waals surface area contributed by atoms with Crippen LogP contribution in [0.4, 0.5) is 13.2 Å². The molecule has 2 rings (SSSR count). The van der Waals surface area contributed by atoms with Gasteiger partial charge in [-0.05, 0) is 17.5 Å². The molecule has 0 saturated heterocycles. The van der Waals surface area contributed by atoms with E-state index in [-0.39, 0.29) is 18.1 Å². The van der Waals surface area contributed by atoms with E-state index in [0.29, 0.717) is 0 Å². The number of benzene rings is 1. The van der Waals surface area contributed by atoms with E-state index in [0.717, 1.165) is 6.07 Å². The summed E-state index contributed by atoms with van der Waals surface area (Å²) < 4.78 is 45.5. The van der Waals surface area contributed by atoms with Crippen molar-refractivity contribution in [1.82, 2.24) is 0 Å². The summed E-state index contributed by atoms with van der Waals surface area (Å²) >= 11 is 0. The van der Waals surface area contributed by atoms with E-state index >= 15 is 0 Å². The summed E-state index contributed by atoms with van der Waals surface area (Å²) in [5.74, 6) is -3.43. The number of fused-ring (bicyclic) bond motifs is 1. The SMILES string of the molecule is CC(C)COC(=O)C1(C(F)F)Cc2cccc(F)c2C1=O. The number of esters is 1. The zero-order valence-corrected chi connectivity index (χ0v) is 11.7. The van der Waals surface area contributed by atoms with Gasteiger partial charge in [0.1, 0.15) is 5.82 Å². The van der Waals surface area contributed by atoms with Crippen molar-refractivity contribution in [3.63, 3.8) is 0 Å². The molecule has 0 fully saturated rings. The van der Waals surface area contributed by atoms with Crippen molar-refractivity contribution in [3.8, 4) is 0 Å². The maximum Gasteiger partial charge on any atom is 0.326 e. The summed E-state index contributed by atoms with van der Waals surface area (Å²) in [5, 5.41) is 0. The second kappa shape index (κ2) is 5.50. The standard InChI is InChI=1S/C15H15F3O3/c1-8(2)7-21-14(20)15(13(17)18)6-9-4-3-5-10(16)11(9)12(15)19/h3-5,8,13H,6-7H2,1-2H3. The molecule has 0 N–H and O–H groups in total. The molecule has 0 aromatic heterocycles. The van der Waals surface area contributed by atoms with Gasteiger partial charge >= 0.3 is 5.97 Å². The third-order valence-corrected chi connectivity index (χ3v) is 3.49. The van der Waals surface area contributed by atoms with Gasteiger partial charge in [0.2, 0.25) is 0 Å². The fraction of sp³-hybridized carbons (Fsp3) is 0.467. The Morgan fingerprint density at radius 1 is 1.38 bits per heavy atom. The lowest BCUT2D eigenvalue weighted by molar-refractivity contribution is -0.161. The Morgan fingerprint density at radius 2 is 2.05 bits per heavy atom. The average molecular weight is 300 g/mol. The van der Waals surface area contributed by atoms with E-state index in [1.54, 1.807) is 13.8 Å². The molecule has 0 bridgehead atoms. The molecule has 1 aliphatic carbocycles. The highest BCUT2D eigenvalue weighted by Crippen LogP contribution is 2.43. The molecular weight excluding hydrogens is 285 g/mol. The molecule has 21 heavy (non-hydrogen) atoms. The zero-order valence-electron chi connectivity index (χ0n) is 11.7. The fourth-order valence-electron chi connectivity index (χ4n) is 2.38. The Balaban J connectivity index is 2.41. The van der Waals surface area contributed by atoms with Crippen LogP contribution in [0.1, 0.15) is 29.8 Å². The summed E-state index contributed by atoms with van der Waals surface area (Å²) in [7, 11) is 0. The Kier molecular flexibility index (Phi) is 4.07. The molecule has 1 aromatic rings. The number of alkyl halides is 2. The van der Waals surface area contributed by atoms with Gasteiger partial charge in [-0.25, -0.2) is 13.2 Å². The number of hydrogen-bond acceptors (Lipinski definition) is 3. The van der Waals surface area contributed by atoms with Gasteiger partial charge in [0.05, 0.1) is 12.2 Å². The van der Waals surface area contributed by atoms with Gasteiger partial charge in [-0.15, -0.1) is 0 Å². The van der Waals surface area contributed by atoms with Crippen molar-refractivity contribution in [2.24, 2.45) is 11.3 Å². The summed E-state index contributed by atoms with van der Waals surface area (Å²) in [6, 6.07) is 3.70. The fourth-order valence-corrected chi connectivity index (χ4v) is 2.38. The summed E-state index contributed by atoms with van der Waals surface area (Å²) in [5.41, 5.74) is -2.94. The van der Waals surface area contributed by atoms with E-state index in [9.17, 15) is 22.8 Å². The quantitative estimate of drug-likeness (QED) is 0.634. The Morgan fingerprint density at radius 3 is 2.57 bits per heavy atom. The number of rotatable bonds is 4. The predicted octanol–water partition coefficient (Wildman–Crippen LogP) is 3.02. The largest absolute Gasteiger partial charge is 0.464 e. The minimum atomic E-state index is -3.25. The lowest BCUT2D eigenvalue weighted by Crippen LogP contribution is -2.45. The molecule has 0 amide bonds. The number of hydrogen-bond donors (Lipinski definition) is 0. The third kappa shape index (κ3) is 2.43. The van der Waals surface area contributed by atoms with Crippen LogP contribution in [0.5, 0.6) is 0 Å². The average Bonchev–Trinajstić information content (AvgIpc) is 2.71. The van der Waals surface area contributed by atoms with Gasteiger partial charge in [-0.2, -0.15) is 0 Å². The Bertz CT molecular complexity index is 584. The van der Waals surface area contributed by atoms with Crippen LogP contribution >= 0.6 is 0 Å². The molecule has 114 valence electrons.